The number of rotatable bonds is 5. The molecular weight excluding hydrogens is 282 g/mol. The van der Waals surface area contributed by atoms with E-state index < -0.39 is 4.92 Å². The van der Waals surface area contributed by atoms with Gasteiger partial charge in [0, 0.05) is 18.7 Å². The molecule has 1 aliphatic heterocycles. The van der Waals surface area contributed by atoms with Crippen LogP contribution < -0.4 is 10.6 Å². The molecule has 1 heterocycles. The average Bonchev–Trinajstić information content (AvgIpc) is 2.91. The highest BCUT2D eigenvalue weighted by Crippen LogP contribution is 2.17. The molecule has 110 valence electrons. The largest absolute Gasteiger partial charge is 0.352 e. The molecule has 7 heteroatoms. The summed E-state index contributed by atoms with van der Waals surface area (Å²) in [6.45, 7) is 1.56. The van der Waals surface area contributed by atoms with Gasteiger partial charge in [0.2, 0.25) is 0 Å². The Morgan fingerprint density at radius 2 is 2.20 bits per heavy atom. The van der Waals surface area contributed by atoms with Crippen molar-refractivity contribution < 1.29 is 9.72 Å². The fourth-order valence-corrected chi connectivity index (χ4v) is 2.28. The number of nitrogens with one attached hydrogen (secondary N) is 2. The number of amides is 1. The number of para-hydroxylation sites is 1. The van der Waals surface area contributed by atoms with E-state index in [2.05, 4.69) is 10.6 Å². The van der Waals surface area contributed by atoms with Gasteiger partial charge in [0.05, 0.1) is 4.92 Å². The third kappa shape index (κ3) is 4.18. The van der Waals surface area contributed by atoms with E-state index in [1.54, 1.807) is 12.1 Å². The Morgan fingerprint density at radius 1 is 1.45 bits per heavy atom. The van der Waals surface area contributed by atoms with E-state index in [0.717, 1.165) is 19.4 Å². The van der Waals surface area contributed by atoms with E-state index in [4.69, 9.17) is 0 Å². The number of hydrogen-bond acceptors (Lipinski definition) is 4. The zero-order chi connectivity index (χ0) is 13.7. The summed E-state index contributed by atoms with van der Waals surface area (Å²) >= 11 is 0. The molecule has 0 radical (unpaired) electrons. The number of halogens is 1. The summed E-state index contributed by atoms with van der Waals surface area (Å²) in [7, 11) is 0. The van der Waals surface area contributed by atoms with Crippen LogP contribution in [-0.2, 0) is 0 Å². The lowest BCUT2D eigenvalue weighted by Crippen LogP contribution is -2.30. The van der Waals surface area contributed by atoms with Gasteiger partial charge < -0.3 is 10.6 Å². The maximum atomic E-state index is 11.9. The van der Waals surface area contributed by atoms with E-state index in [0.29, 0.717) is 12.6 Å². The minimum Gasteiger partial charge on any atom is -0.352 e. The van der Waals surface area contributed by atoms with Gasteiger partial charge in [-0.15, -0.1) is 12.4 Å². The molecule has 1 saturated heterocycles. The number of carbonyl (C=O) groups excluding carboxylic acids is 1. The number of hydrogen-bond donors (Lipinski definition) is 2. The average molecular weight is 300 g/mol. The van der Waals surface area contributed by atoms with Crippen LogP contribution in [-0.4, -0.2) is 30.0 Å². The number of nitro groups is 1. The zero-order valence-corrected chi connectivity index (χ0v) is 11.8. The van der Waals surface area contributed by atoms with Crippen LogP contribution in [0.2, 0.25) is 0 Å². The fourth-order valence-electron chi connectivity index (χ4n) is 2.28. The topological polar surface area (TPSA) is 84.3 Å². The lowest BCUT2D eigenvalue weighted by Gasteiger charge is -2.10. The molecule has 1 atom stereocenters. The van der Waals surface area contributed by atoms with Crippen LogP contribution >= 0.6 is 12.4 Å². The SMILES string of the molecule is Cl.O=C(NCC[C@H]1CCCN1)c1ccccc1[N+](=O)[O-]. The first kappa shape index (κ1) is 16.4. The number of benzene rings is 1. The highest BCUT2D eigenvalue weighted by atomic mass is 35.5. The molecule has 1 aromatic rings. The van der Waals surface area contributed by atoms with Crippen LogP contribution in [0.3, 0.4) is 0 Å². The number of nitrogens with zero attached hydrogens (tertiary/aromatic N) is 1. The van der Waals surface area contributed by atoms with Crippen molar-refractivity contribution >= 4 is 24.0 Å². The first-order valence-corrected chi connectivity index (χ1v) is 6.43. The van der Waals surface area contributed by atoms with Gasteiger partial charge in [-0.2, -0.15) is 0 Å². The molecule has 0 spiro atoms. The Morgan fingerprint density at radius 3 is 2.85 bits per heavy atom. The summed E-state index contributed by atoms with van der Waals surface area (Å²) in [5.41, 5.74) is -0.0362. The molecule has 2 rings (SSSR count). The summed E-state index contributed by atoms with van der Waals surface area (Å²) < 4.78 is 0. The van der Waals surface area contributed by atoms with E-state index in [1.807, 2.05) is 0 Å². The van der Waals surface area contributed by atoms with Crippen LogP contribution in [0.15, 0.2) is 24.3 Å². The first-order valence-electron chi connectivity index (χ1n) is 6.43. The summed E-state index contributed by atoms with van der Waals surface area (Å²) in [4.78, 5) is 22.2. The van der Waals surface area contributed by atoms with E-state index >= 15 is 0 Å². The Kier molecular flexibility index (Phi) is 6.41. The second kappa shape index (κ2) is 7.81. The molecule has 20 heavy (non-hydrogen) atoms. The number of carbonyl (C=O) groups is 1. The molecule has 1 amide bonds. The monoisotopic (exact) mass is 299 g/mol. The number of nitro benzene ring substituents is 1. The second-order valence-corrected chi connectivity index (χ2v) is 4.61. The summed E-state index contributed by atoms with van der Waals surface area (Å²) in [5.74, 6) is -0.384. The van der Waals surface area contributed by atoms with Crippen molar-refractivity contribution in [2.45, 2.75) is 25.3 Å². The van der Waals surface area contributed by atoms with Gasteiger partial charge in [-0.25, -0.2) is 0 Å². The van der Waals surface area contributed by atoms with Gasteiger partial charge in [-0.1, -0.05) is 12.1 Å². The predicted octanol–water partition coefficient (Wildman–Crippen LogP) is 1.89. The zero-order valence-electron chi connectivity index (χ0n) is 11.0. The first-order chi connectivity index (χ1) is 9.18. The molecule has 2 N–H and O–H groups in total. The third-order valence-electron chi connectivity index (χ3n) is 3.29. The van der Waals surface area contributed by atoms with Gasteiger partial charge in [0.15, 0.2) is 0 Å². The lowest BCUT2D eigenvalue weighted by molar-refractivity contribution is -0.385. The smallest absolute Gasteiger partial charge is 0.282 e. The van der Waals surface area contributed by atoms with Gasteiger partial charge in [-0.05, 0) is 31.9 Å². The molecule has 1 aromatic carbocycles. The molecule has 6 nitrogen and oxygen atoms in total. The second-order valence-electron chi connectivity index (χ2n) is 4.61. The van der Waals surface area contributed by atoms with Crippen LogP contribution in [0.4, 0.5) is 5.69 Å². The maximum absolute atomic E-state index is 11.9. The van der Waals surface area contributed by atoms with E-state index in [1.165, 1.54) is 18.6 Å². The van der Waals surface area contributed by atoms with Crippen molar-refractivity contribution in [2.75, 3.05) is 13.1 Å². The Hall–Kier alpha value is -1.66. The molecule has 0 saturated carbocycles. The van der Waals surface area contributed by atoms with Crippen molar-refractivity contribution in [3.8, 4) is 0 Å². The van der Waals surface area contributed by atoms with Crippen molar-refractivity contribution in [3.05, 3.63) is 39.9 Å². The molecular formula is C13H18ClN3O3. The van der Waals surface area contributed by atoms with Gasteiger partial charge in [0.1, 0.15) is 5.56 Å². The fraction of sp³-hybridized carbons (Fsp3) is 0.462. The van der Waals surface area contributed by atoms with Crippen LogP contribution in [0.1, 0.15) is 29.6 Å². The molecule has 1 aliphatic rings. The highest BCUT2D eigenvalue weighted by Gasteiger charge is 2.19. The molecule has 0 bridgehead atoms. The third-order valence-corrected chi connectivity index (χ3v) is 3.29. The summed E-state index contributed by atoms with van der Waals surface area (Å²) in [5, 5.41) is 16.9. The maximum Gasteiger partial charge on any atom is 0.282 e. The van der Waals surface area contributed by atoms with E-state index in [9.17, 15) is 14.9 Å². The lowest BCUT2D eigenvalue weighted by atomic mass is 10.1. The molecule has 0 aromatic heterocycles. The minimum absolute atomic E-state index is 0. The van der Waals surface area contributed by atoms with Crippen molar-refractivity contribution in [2.24, 2.45) is 0 Å². The van der Waals surface area contributed by atoms with Crippen LogP contribution in [0.25, 0.3) is 0 Å². The molecule has 1 fully saturated rings. The van der Waals surface area contributed by atoms with Gasteiger partial charge >= 0.3 is 0 Å². The quantitative estimate of drug-likeness (QED) is 0.642. The Labute approximate surface area is 123 Å². The van der Waals surface area contributed by atoms with E-state index in [-0.39, 0.29) is 29.6 Å². The van der Waals surface area contributed by atoms with Gasteiger partial charge in [-0.3, -0.25) is 14.9 Å². The van der Waals surface area contributed by atoms with Crippen molar-refractivity contribution in [1.82, 2.24) is 10.6 Å². The highest BCUT2D eigenvalue weighted by molar-refractivity contribution is 5.98. The summed E-state index contributed by atoms with van der Waals surface area (Å²) in [6.07, 6.45) is 3.15. The standard InChI is InChI=1S/C13H17N3O3.ClH/c17-13(15-9-7-10-4-3-8-14-10)11-5-1-2-6-12(11)16(18)19;/h1-2,5-6,10,14H,3-4,7-9H2,(H,15,17);1H/t10-;/m1./s1. The van der Waals surface area contributed by atoms with Crippen LogP contribution in [0.5, 0.6) is 0 Å². The summed E-state index contributed by atoms with van der Waals surface area (Å²) in [6, 6.07) is 6.44. The van der Waals surface area contributed by atoms with Crippen LogP contribution in [0, 0.1) is 10.1 Å². The normalized spacial score (nSPS) is 17.3. The Balaban J connectivity index is 0.00000200. The van der Waals surface area contributed by atoms with Crippen molar-refractivity contribution in [3.63, 3.8) is 0 Å². The van der Waals surface area contributed by atoms with Crippen molar-refractivity contribution in [1.29, 1.82) is 0 Å². The molecule has 0 unspecified atom stereocenters. The predicted molar refractivity (Wildman–Crippen MR) is 78.3 cm³/mol. The molecule has 0 aliphatic carbocycles. The Bertz CT molecular complexity index is 476. The van der Waals surface area contributed by atoms with Gasteiger partial charge in [0.25, 0.3) is 11.6 Å². The minimum atomic E-state index is -0.534.